The van der Waals surface area contributed by atoms with E-state index in [9.17, 15) is 0 Å². The Hall–Kier alpha value is -2.30. The van der Waals surface area contributed by atoms with Gasteiger partial charge in [-0.3, -0.25) is 10.8 Å². The summed E-state index contributed by atoms with van der Waals surface area (Å²) in [5, 5.41) is 19.2. The van der Waals surface area contributed by atoms with Crippen molar-refractivity contribution in [2.45, 2.75) is 0 Å². The number of hydrogen-bond donors (Lipinski definition) is 4. The maximum Gasteiger partial charge on any atom is 0.123 e. The van der Waals surface area contributed by atoms with Crippen LogP contribution in [0.25, 0.3) is 21.5 Å². The molecule has 0 saturated carbocycles. The van der Waals surface area contributed by atoms with Gasteiger partial charge in [0.05, 0.1) is 0 Å². The van der Waals surface area contributed by atoms with Crippen molar-refractivity contribution in [1.82, 2.24) is 0 Å². The van der Waals surface area contributed by atoms with E-state index in [4.69, 9.17) is 22.3 Å². The highest BCUT2D eigenvalue weighted by molar-refractivity contribution is 6.15. The summed E-state index contributed by atoms with van der Waals surface area (Å²) < 4.78 is 0. The molecule has 6 heteroatoms. The first-order valence-corrected chi connectivity index (χ1v) is 6.22. The van der Waals surface area contributed by atoms with E-state index in [2.05, 4.69) is 0 Å². The average Bonchev–Trinajstić information content (AvgIpc) is 2.43. The van der Waals surface area contributed by atoms with Crippen molar-refractivity contribution in [3.8, 4) is 0 Å². The molecule has 3 aromatic carbocycles. The van der Waals surface area contributed by atoms with Crippen molar-refractivity contribution in [3.05, 3.63) is 59.7 Å². The van der Waals surface area contributed by atoms with Crippen LogP contribution in [0.3, 0.4) is 0 Å². The predicted molar refractivity (Wildman–Crippen MR) is 98.0 cm³/mol. The summed E-state index contributed by atoms with van der Waals surface area (Å²) in [5.41, 5.74) is 12.7. The Labute approximate surface area is 140 Å². The summed E-state index contributed by atoms with van der Waals surface area (Å²) in [4.78, 5) is 0. The minimum atomic E-state index is 0. The summed E-state index contributed by atoms with van der Waals surface area (Å²) >= 11 is 0. The molecule has 0 saturated heterocycles. The number of hydrogen-bond acceptors (Lipinski definition) is 2. The number of fused-ring (bicyclic) bond motifs is 2. The minimum absolute atomic E-state index is 0. The maximum absolute atomic E-state index is 7.67. The number of rotatable bonds is 2. The molecule has 0 aliphatic rings. The van der Waals surface area contributed by atoms with Crippen LogP contribution in [0.2, 0.25) is 0 Å². The van der Waals surface area contributed by atoms with Crippen LogP contribution in [0.15, 0.2) is 48.5 Å². The largest absolute Gasteiger partial charge is 0.384 e. The van der Waals surface area contributed by atoms with E-state index >= 15 is 0 Å². The summed E-state index contributed by atoms with van der Waals surface area (Å²) in [6, 6.07) is 15.4. The van der Waals surface area contributed by atoms with Gasteiger partial charge in [0.25, 0.3) is 0 Å². The van der Waals surface area contributed by atoms with Gasteiger partial charge < -0.3 is 11.5 Å². The van der Waals surface area contributed by atoms with Crippen molar-refractivity contribution in [2.75, 3.05) is 0 Å². The lowest BCUT2D eigenvalue weighted by atomic mass is 9.96. The molecular formula is C16H16Cl2N4. The molecule has 4 nitrogen and oxygen atoms in total. The summed E-state index contributed by atoms with van der Waals surface area (Å²) in [6.07, 6.45) is 0. The molecule has 0 atom stereocenters. The van der Waals surface area contributed by atoms with Gasteiger partial charge in [0.2, 0.25) is 0 Å². The highest BCUT2D eigenvalue weighted by atomic mass is 35.5. The number of halogens is 2. The zero-order valence-corrected chi connectivity index (χ0v) is 13.2. The first-order valence-electron chi connectivity index (χ1n) is 6.22. The van der Waals surface area contributed by atoms with Crippen LogP contribution in [-0.2, 0) is 0 Å². The lowest BCUT2D eigenvalue weighted by Gasteiger charge is -2.09. The fraction of sp³-hybridized carbons (Fsp3) is 0. The number of nitrogens with one attached hydrogen (secondary N) is 2. The first-order chi connectivity index (χ1) is 9.58. The molecule has 0 fully saturated rings. The van der Waals surface area contributed by atoms with Crippen molar-refractivity contribution in [3.63, 3.8) is 0 Å². The standard InChI is InChI=1S/C16H14N4.2ClH/c17-15(18)11-5-1-3-9-7-10-4-2-6-12(16(19)20)14(10)8-13(9)11;;/h1-8H,(H3,17,18)(H3,19,20);2*1H. The maximum atomic E-state index is 7.67. The smallest absolute Gasteiger partial charge is 0.123 e. The summed E-state index contributed by atoms with van der Waals surface area (Å²) in [6.45, 7) is 0. The monoisotopic (exact) mass is 334 g/mol. The molecule has 114 valence electrons. The van der Waals surface area contributed by atoms with E-state index < -0.39 is 0 Å². The predicted octanol–water partition coefficient (Wildman–Crippen LogP) is 3.40. The second kappa shape index (κ2) is 6.64. The van der Waals surface area contributed by atoms with Crippen LogP contribution in [0.4, 0.5) is 0 Å². The number of nitrogens with two attached hydrogens (primary N) is 2. The van der Waals surface area contributed by atoms with Gasteiger partial charge in [-0.2, -0.15) is 0 Å². The van der Waals surface area contributed by atoms with Crippen molar-refractivity contribution >= 4 is 58.0 Å². The van der Waals surface area contributed by atoms with E-state index in [1.54, 1.807) is 0 Å². The fourth-order valence-electron chi connectivity index (χ4n) is 2.52. The topological polar surface area (TPSA) is 99.7 Å². The number of amidine groups is 2. The van der Waals surface area contributed by atoms with Crippen molar-refractivity contribution in [2.24, 2.45) is 11.5 Å². The molecule has 0 amide bonds. The third-order valence-corrected chi connectivity index (χ3v) is 3.46. The molecule has 0 radical (unpaired) electrons. The van der Waals surface area contributed by atoms with E-state index in [0.29, 0.717) is 11.1 Å². The van der Waals surface area contributed by atoms with Crippen LogP contribution in [0.5, 0.6) is 0 Å². The lowest BCUT2D eigenvalue weighted by Crippen LogP contribution is -2.12. The van der Waals surface area contributed by atoms with Crippen molar-refractivity contribution in [1.29, 1.82) is 10.8 Å². The number of benzene rings is 3. The second-order valence-electron chi connectivity index (χ2n) is 4.73. The molecule has 0 unspecified atom stereocenters. The van der Waals surface area contributed by atoms with Gasteiger partial charge in [-0.15, -0.1) is 24.8 Å². The zero-order valence-electron chi connectivity index (χ0n) is 11.6. The first kappa shape index (κ1) is 17.8. The molecule has 0 aliphatic carbocycles. The molecule has 0 bridgehead atoms. The van der Waals surface area contributed by atoms with Gasteiger partial charge in [-0.25, -0.2) is 0 Å². The molecule has 0 spiro atoms. The molecule has 22 heavy (non-hydrogen) atoms. The van der Waals surface area contributed by atoms with Crippen LogP contribution in [-0.4, -0.2) is 11.7 Å². The van der Waals surface area contributed by atoms with Gasteiger partial charge in [0.15, 0.2) is 0 Å². The van der Waals surface area contributed by atoms with Crippen LogP contribution in [0.1, 0.15) is 11.1 Å². The summed E-state index contributed by atoms with van der Waals surface area (Å²) in [5.74, 6) is 0.0745. The van der Waals surface area contributed by atoms with Gasteiger partial charge in [0, 0.05) is 11.1 Å². The van der Waals surface area contributed by atoms with Gasteiger partial charge in [-0.1, -0.05) is 36.4 Å². The molecule has 0 aromatic heterocycles. The zero-order chi connectivity index (χ0) is 14.3. The molecule has 6 N–H and O–H groups in total. The van der Waals surface area contributed by atoms with Gasteiger partial charge in [0.1, 0.15) is 11.7 Å². The summed E-state index contributed by atoms with van der Waals surface area (Å²) in [7, 11) is 0. The van der Waals surface area contributed by atoms with E-state index in [-0.39, 0.29) is 36.5 Å². The minimum Gasteiger partial charge on any atom is -0.384 e. The van der Waals surface area contributed by atoms with E-state index in [0.717, 1.165) is 21.5 Å². The van der Waals surface area contributed by atoms with Gasteiger partial charge >= 0.3 is 0 Å². The third kappa shape index (κ3) is 2.84. The quantitative estimate of drug-likeness (QED) is 0.328. The number of nitrogen functional groups attached to an aromatic ring is 2. The molecular weight excluding hydrogens is 319 g/mol. The third-order valence-electron chi connectivity index (χ3n) is 3.46. The highest BCUT2D eigenvalue weighted by Crippen LogP contribution is 2.27. The SMILES string of the molecule is Cl.Cl.N=C(N)c1cccc2cc3cccc(C(=N)N)c3cc12. The Morgan fingerprint density at radius 2 is 1.09 bits per heavy atom. The Kier molecular flexibility index (Phi) is 5.36. The van der Waals surface area contributed by atoms with Crippen LogP contribution >= 0.6 is 24.8 Å². The molecule has 3 rings (SSSR count). The van der Waals surface area contributed by atoms with Crippen LogP contribution < -0.4 is 11.5 Å². The van der Waals surface area contributed by atoms with Gasteiger partial charge in [-0.05, 0) is 33.7 Å². The fourth-order valence-corrected chi connectivity index (χ4v) is 2.52. The Bertz CT molecular complexity index is 806. The Morgan fingerprint density at radius 1 is 0.682 bits per heavy atom. The van der Waals surface area contributed by atoms with Crippen molar-refractivity contribution < 1.29 is 0 Å². The molecule has 0 heterocycles. The highest BCUT2D eigenvalue weighted by Gasteiger charge is 2.08. The molecule has 0 aliphatic heterocycles. The van der Waals surface area contributed by atoms with E-state index in [1.807, 2.05) is 48.5 Å². The lowest BCUT2D eigenvalue weighted by molar-refractivity contribution is 1.44. The van der Waals surface area contributed by atoms with Crippen LogP contribution in [0, 0.1) is 10.8 Å². The molecule has 3 aromatic rings. The Morgan fingerprint density at radius 3 is 1.45 bits per heavy atom. The second-order valence-corrected chi connectivity index (χ2v) is 4.73. The normalized spacial score (nSPS) is 9.82. The Balaban J connectivity index is 0.00000121. The van der Waals surface area contributed by atoms with E-state index in [1.165, 1.54) is 0 Å². The average molecular weight is 335 g/mol.